The number of esters is 1. The number of aliphatic hydroxyl groups is 1. The second-order valence-electron chi connectivity index (χ2n) is 7.66. The number of carbonyl (C=O) groups excluding carboxylic acids is 2. The molecule has 2 atom stereocenters. The van der Waals surface area contributed by atoms with Crippen LogP contribution >= 0.6 is 0 Å². The monoisotopic (exact) mass is 442 g/mol. The van der Waals surface area contributed by atoms with Crippen molar-refractivity contribution in [2.45, 2.75) is 37.6 Å². The normalized spacial score (nSPS) is 22.9. The molecule has 0 saturated carbocycles. The fourth-order valence-electron chi connectivity index (χ4n) is 4.13. The van der Waals surface area contributed by atoms with E-state index in [2.05, 4.69) is 15.3 Å². The molecule has 1 N–H and O–H groups in total. The van der Waals surface area contributed by atoms with E-state index in [9.17, 15) is 27.9 Å². The molecule has 1 amide bonds. The molecule has 4 rings (SSSR count). The molecule has 10 nitrogen and oxygen atoms in total. The summed E-state index contributed by atoms with van der Waals surface area (Å²) in [5.41, 5.74) is -0.0115. The molecule has 2 aromatic rings. The van der Waals surface area contributed by atoms with Crippen LogP contribution in [0.25, 0.3) is 5.65 Å². The number of β-amino-alcohol motifs (C(OH)–C–C–N with tert-alkyl or cyclic N) is 1. The first-order valence-corrected chi connectivity index (χ1v) is 9.80. The summed E-state index contributed by atoms with van der Waals surface area (Å²) < 4.78 is 44.7. The number of ether oxygens (including phenoxy) is 1. The number of rotatable bonds is 3. The van der Waals surface area contributed by atoms with Crippen molar-refractivity contribution < 1.29 is 32.6 Å². The maximum atomic E-state index is 13.1. The van der Waals surface area contributed by atoms with Gasteiger partial charge in [-0.1, -0.05) is 0 Å². The van der Waals surface area contributed by atoms with Crippen LogP contribution < -0.4 is 4.90 Å². The van der Waals surface area contributed by atoms with E-state index in [1.54, 1.807) is 11.0 Å². The largest absolute Gasteiger partial charge is 0.467 e. The molecule has 4 heterocycles. The third kappa shape index (κ3) is 4.01. The number of methoxy groups -OCH3 is 1. The van der Waals surface area contributed by atoms with E-state index in [1.165, 1.54) is 18.1 Å². The SMILES string of the molecule is COC(=O)[C@@H]1C[C@@H](O)CN1C(=O)C1CCN(c2ccc3nnc(C(F)(F)F)n3n2)CC1. The smallest absolute Gasteiger partial charge is 0.453 e. The summed E-state index contributed by atoms with van der Waals surface area (Å²) >= 11 is 0. The van der Waals surface area contributed by atoms with Crippen LogP contribution in [0.4, 0.5) is 19.0 Å². The Kier molecular flexibility index (Phi) is 5.45. The number of alkyl halides is 3. The van der Waals surface area contributed by atoms with Crippen LogP contribution in [-0.2, 0) is 20.5 Å². The molecule has 13 heteroatoms. The molecule has 0 aliphatic carbocycles. The first-order chi connectivity index (χ1) is 14.7. The van der Waals surface area contributed by atoms with E-state index in [-0.39, 0.29) is 30.4 Å². The van der Waals surface area contributed by atoms with Crippen LogP contribution in [0.2, 0.25) is 0 Å². The van der Waals surface area contributed by atoms with Crippen molar-refractivity contribution >= 4 is 23.3 Å². The number of aliphatic hydroxyl groups excluding tert-OH is 1. The van der Waals surface area contributed by atoms with Gasteiger partial charge < -0.3 is 19.6 Å². The molecule has 2 aliphatic heterocycles. The van der Waals surface area contributed by atoms with Crippen molar-refractivity contribution in [2.24, 2.45) is 5.92 Å². The highest BCUT2D eigenvalue weighted by atomic mass is 19.4. The van der Waals surface area contributed by atoms with E-state index >= 15 is 0 Å². The zero-order chi connectivity index (χ0) is 22.3. The van der Waals surface area contributed by atoms with Crippen LogP contribution in [0.15, 0.2) is 12.1 Å². The van der Waals surface area contributed by atoms with Crippen LogP contribution in [-0.4, -0.2) is 80.6 Å². The Morgan fingerprint density at radius 2 is 1.90 bits per heavy atom. The van der Waals surface area contributed by atoms with Crippen molar-refractivity contribution in [3.63, 3.8) is 0 Å². The fraction of sp³-hybridized carbons (Fsp3) is 0.611. The Morgan fingerprint density at radius 3 is 2.55 bits per heavy atom. The number of carbonyl (C=O) groups is 2. The van der Waals surface area contributed by atoms with E-state index in [1.807, 2.05) is 0 Å². The molecule has 2 saturated heterocycles. The van der Waals surface area contributed by atoms with Crippen LogP contribution in [0.3, 0.4) is 0 Å². The van der Waals surface area contributed by atoms with Crippen molar-refractivity contribution in [1.29, 1.82) is 0 Å². The zero-order valence-electron chi connectivity index (χ0n) is 16.6. The quantitative estimate of drug-likeness (QED) is 0.684. The number of amides is 1. The standard InChI is InChI=1S/C18H21F3N6O4/c1-31-16(30)12-8-11(28)9-26(12)15(29)10-4-6-25(7-5-10)14-3-2-13-22-23-17(18(19,20)21)27(13)24-14/h2-3,10-12,28H,4-9H2,1H3/t11-,12+/m1/s1. The lowest BCUT2D eigenvalue weighted by Crippen LogP contribution is -2.47. The van der Waals surface area contributed by atoms with E-state index in [0.717, 1.165) is 0 Å². The number of hydrogen-bond donors (Lipinski definition) is 1. The summed E-state index contributed by atoms with van der Waals surface area (Å²) in [6.07, 6.45) is -4.45. The molecule has 0 radical (unpaired) electrons. The van der Waals surface area contributed by atoms with Crippen LogP contribution in [0.5, 0.6) is 0 Å². The molecule has 2 fully saturated rings. The highest BCUT2D eigenvalue weighted by Crippen LogP contribution is 2.30. The molecule has 0 spiro atoms. The molecule has 31 heavy (non-hydrogen) atoms. The topological polar surface area (TPSA) is 113 Å². The Bertz CT molecular complexity index is 988. The summed E-state index contributed by atoms with van der Waals surface area (Å²) in [6, 6.07) is 2.18. The minimum atomic E-state index is -4.68. The number of nitrogens with zero attached hydrogens (tertiary/aromatic N) is 6. The number of hydrogen-bond acceptors (Lipinski definition) is 8. The average molecular weight is 442 g/mol. The van der Waals surface area contributed by atoms with E-state index in [4.69, 9.17) is 4.74 Å². The molecule has 168 valence electrons. The van der Waals surface area contributed by atoms with Gasteiger partial charge in [-0.15, -0.1) is 15.3 Å². The summed E-state index contributed by atoms with van der Waals surface area (Å²) in [5.74, 6) is -2.02. The van der Waals surface area contributed by atoms with Gasteiger partial charge in [0.1, 0.15) is 11.9 Å². The highest BCUT2D eigenvalue weighted by molar-refractivity contribution is 5.86. The number of anilines is 1. The third-order valence-electron chi connectivity index (χ3n) is 5.71. The van der Waals surface area contributed by atoms with Gasteiger partial charge in [-0.25, -0.2) is 4.79 Å². The Labute approximate surface area is 174 Å². The first kappa shape index (κ1) is 21.3. The van der Waals surface area contributed by atoms with Gasteiger partial charge in [0.2, 0.25) is 5.91 Å². The summed E-state index contributed by atoms with van der Waals surface area (Å²) in [5, 5.41) is 20.6. The molecule has 2 aliphatic rings. The van der Waals surface area contributed by atoms with Crippen LogP contribution in [0.1, 0.15) is 25.1 Å². The first-order valence-electron chi connectivity index (χ1n) is 9.80. The van der Waals surface area contributed by atoms with Crippen molar-refractivity contribution in [3.8, 4) is 0 Å². The van der Waals surface area contributed by atoms with Gasteiger partial charge in [-0.3, -0.25) is 4.79 Å². The molecular formula is C18H21F3N6O4. The van der Waals surface area contributed by atoms with Crippen molar-refractivity contribution in [3.05, 3.63) is 18.0 Å². The molecule has 0 unspecified atom stereocenters. The van der Waals surface area contributed by atoms with Gasteiger partial charge in [-0.05, 0) is 25.0 Å². The van der Waals surface area contributed by atoms with Crippen LogP contribution in [0, 0.1) is 5.92 Å². The zero-order valence-corrected chi connectivity index (χ0v) is 16.6. The van der Waals surface area contributed by atoms with Crippen molar-refractivity contribution in [1.82, 2.24) is 24.7 Å². The minimum absolute atomic E-state index is 0.0115. The van der Waals surface area contributed by atoms with Gasteiger partial charge in [-0.2, -0.15) is 17.7 Å². The summed E-state index contributed by atoms with van der Waals surface area (Å²) in [4.78, 5) is 28.0. The Morgan fingerprint density at radius 1 is 1.19 bits per heavy atom. The summed E-state index contributed by atoms with van der Waals surface area (Å²) in [7, 11) is 1.23. The molecule has 0 bridgehead atoms. The second-order valence-corrected chi connectivity index (χ2v) is 7.66. The number of halogens is 3. The van der Waals surface area contributed by atoms with Gasteiger partial charge >= 0.3 is 12.1 Å². The Balaban J connectivity index is 1.45. The fourth-order valence-corrected chi connectivity index (χ4v) is 4.13. The number of fused-ring (bicyclic) bond motifs is 1. The minimum Gasteiger partial charge on any atom is -0.467 e. The van der Waals surface area contributed by atoms with Gasteiger partial charge in [0.15, 0.2) is 5.65 Å². The predicted octanol–water partition coefficient (Wildman–Crippen LogP) is 0.494. The van der Waals surface area contributed by atoms with Gasteiger partial charge in [0.25, 0.3) is 5.82 Å². The highest BCUT2D eigenvalue weighted by Gasteiger charge is 2.42. The maximum absolute atomic E-state index is 13.1. The van der Waals surface area contributed by atoms with Crippen molar-refractivity contribution in [2.75, 3.05) is 31.6 Å². The average Bonchev–Trinajstić information content (AvgIpc) is 3.35. The molecule has 2 aromatic heterocycles. The van der Waals surface area contributed by atoms with E-state index in [0.29, 0.717) is 36.3 Å². The number of likely N-dealkylation sites (tertiary alicyclic amines) is 1. The molecule has 0 aromatic carbocycles. The predicted molar refractivity (Wildman–Crippen MR) is 98.9 cm³/mol. The lowest BCUT2D eigenvalue weighted by Gasteiger charge is -2.34. The van der Waals surface area contributed by atoms with E-state index < -0.39 is 30.1 Å². The lowest BCUT2D eigenvalue weighted by molar-refractivity contribution is -0.152. The lowest BCUT2D eigenvalue weighted by atomic mass is 9.95. The second kappa shape index (κ2) is 7.94. The number of piperidine rings is 1. The summed E-state index contributed by atoms with van der Waals surface area (Å²) in [6.45, 7) is 0.875. The van der Waals surface area contributed by atoms with Gasteiger partial charge in [0.05, 0.1) is 13.2 Å². The third-order valence-corrected chi connectivity index (χ3v) is 5.71. The maximum Gasteiger partial charge on any atom is 0.453 e. The Hall–Kier alpha value is -2.96. The number of aromatic nitrogens is 4. The molecular weight excluding hydrogens is 421 g/mol. The van der Waals surface area contributed by atoms with Gasteiger partial charge in [0, 0.05) is 32.0 Å².